The number of halogens is 2. The van der Waals surface area contributed by atoms with Gasteiger partial charge in [0.05, 0.1) is 12.0 Å². The highest BCUT2D eigenvalue weighted by molar-refractivity contribution is 5.99. The van der Waals surface area contributed by atoms with Crippen LogP contribution < -0.4 is 9.64 Å². The largest absolute Gasteiger partial charge is 0.463 e. The van der Waals surface area contributed by atoms with Crippen LogP contribution in [0.1, 0.15) is 25.1 Å². The van der Waals surface area contributed by atoms with Crippen molar-refractivity contribution in [2.45, 2.75) is 25.7 Å². The number of hydrogen-bond acceptors (Lipinski definition) is 6. The first-order valence-electron chi connectivity index (χ1n) is 13.4. The number of rotatable bonds is 6. The molecule has 1 aliphatic heterocycles. The first-order valence-corrected chi connectivity index (χ1v) is 13.4. The van der Waals surface area contributed by atoms with Crippen LogP contribution in [0.3, 0.4) is 0 Å². The highest BCUT2D eigenvalue weighted by atomic mass is 19.1. The number of anilines is 1. The fraction of sp³-hybridized carbons (Fsp3) is 0.333. The minimum atomic E-state index is -0.568. The van der Waals surface area contributed by atoms with Gasteiger partial charge in [0.25, 0.3) is 0 Å². The van der Waals surface area contributed by atoms with Gasteiger partial charge in [-0.3, -0.25) is 4.98 Å². The maximum absolute atomic E-state index is 16.3. The predicted molar refractivity (Wildman–Crippen MR) is 146 cm³/mol. The number of aromatic nitrogens is 5. The molecule has 2 aliphatic rings. The van der Waals surface area contributed by atoms with Gasteiger partial charge < -0.3 is 14.2 Å². The molecule has 2 atom stereocenters. The lowest BCUT2D eigenvalue weighted by atomic mass is 9.98. The number of imidazole rings is 1. The van der Waals surface area contributed by atoms with Gasteiger partial charge in [-0.15, -0.1) is 0 Å². The van der Waals surface area contributed by atoms with Gasteiger partial charge in [-0.25, -0.2) is 13.8 Å². The van der Waals surface area contributed by atoms with Gasteiger partial charge >= 0.3 is 6.01 Å². The molecule has 2 aromatic carbocycles. The molecular formula is C30H28F2N6O. The summed E-state index contributed by atoms with van der Waals surface area (Å²) in [5, 5.41) is 1.96. The summed E-state index contributed by atoms with van der Waals surface area (Å²) in [4.78, 5) is 20.4. The van der Waals surface area contributed by atoms with E-state index in [4.69, 9.17) is 9.72 Å². The van der Waals surface area contributed by atoms with Crippen LogP contribution in [0.2, 0.25) is 0 Å². The fourth-order valence-electron chi connectivity index (χ4n) is 6.22. The van der Waals surface area contributed by atoms with Crippen molar-refractivity contribution in [1.29, 1.82) is 0 Å². The summed E-state index contributed by atoms with van der Waals surface area (Å²) in [6.45, 7) is 2.06. The monoisotopic (exact) mass is 526 g/mol. The Morgan fingerprint density at radius 3 is 2.64 bits per heavy atom. The van der Waals surface area contributed by atoms with E-state index >= 15 is 4.39 Å². The Hall–Kier alpha value is -4.14. The molecule has 3 aromatic heterocycles. The van der Waals surface area contributed by atoms with Crippen molar-refractivity contribution in [3.8, 4) is 17.3 Å². The van der Waals surface area contributed by atoms with Gasteiger partial charge in [0.15, 0.2) is 5.82 Å². The maximum Gasteiger partial charge on any atom is 0.319 e. The summed E-state index contributed by atoms with van der Waals surface area (Å²) < 4.78 is 38.4. The summed E-state index contributed by atoms with van der Waals surface area (Å²) >= 11 is 0. The second-order valence-corrected chi connectivity index (χ2v) is 10.7. The minimum absolute atomic E-state index is 0.126. The molecule has 7 rings (SSSR count). The van der Waals surface area contributed by atoms with Crippen molar-refractivity contribution in [1.82, 2.24) is 24.5 Å². The van der Waals surface area contributed by atoms with Gasteiger partial charge in [-0.2, -0.15) is 9.97 Å². The van der Waals surface area contributed by atoms with Crippen molar-refractivity contribution in [3.05, 3.63) is 72.4 Å². The van der Waals surface area contributed by atoms with Gasteiger partial charge in [-0.1, -0.05) is 24.3 Å². The van der Waals surface area contributed by atoms with Crippen molar-refractivity contribution >= 4 is 27.5 Å². The predicted octanol–water partition coefficient (Wildman–Crippen LogP) is 5.71. The molecule has 1 saturated heterocycles. The molecule has 198 valence electrons. The topological polar surface area (TPSA) is 69.0 Å². The number of aryl methyl sites for hydroxylation is 1. The third kappa shape index (κ3) is 4.35. The molecule has 2 fully saturated rings. The highest BCUT2D eigenvalue weighted by Gasteiger charge is 2.34. The quantitative estimate of drug-likeness (QED) is 0.282. The van der Waals surface area contributed by atoms with Crippen molar-refractivity contribution in [2.75, 3.05) is 24.6 Å². The Labute approximate surface area is 224 Å². The summed E-state index contributed by atoms with van der Waals surface area (Å²) in [7, 11) is 1.93. The van der Waals surface area contributed by atoms with E-state index in [2.05, 4.69) is 19.9 Å². The second-order valence-electron chi connectivity index (χ2n) is 10.7. The zero-order valence-electron chi connectivity index (χ0n) is 21.6. The number of fused-ring (bicyclic) bond motifs is 4. The van der Waals surface area contributed by atoms with Crippen LogP contribution in [-0.4, -0.2) is 44.2 Å². The van der Waals surface area contributed by atoms with Gasteiger partial charge in [0.1, 0.15) is 28.7 Å². The Bertz CT molecular complexity index is 1690. The first-order chi connectivity index (χ1) is 19.0. The molecule has 1 saturated carbocycles. The average molecular weight is 527 g/mol. The number of piperidine rings is 1. The third-order valence-corrected chi connectivity index (χ3v) is 8.13. The Kier molecular flexibility index (Phi) is 5.86. The molecule has 2 bridgehead atoms. The van der Waals surface area contributed by atoms with E-state index in [1.165, 1.54) is 31.4 Å². The van der Waals surface area contributed by atoms with Crippen LogP contribution >= 0.6 is 0 Å². The zero-order valence-corrected chi connectivity index (χ0v) is 21.6. The van der Waals surface area contributed by atoms with Crippen LogP contribution in [0.5, 0.6) is 6.01 Å². The third-order valence-electron chi connectivity index (χ3n) is 8.13. The molecule has 1 aliphatic carbocycles. The van der Waals surface area contributed by atoms with Gasteiger partial charge in [0.2, 0.25) is 0 Å². The van der Waals surface area contributed by atoms with Crippen LogP contribution in [0.25, 0.3) is 32.9 Å². The zero-order chi connectivity index (χ0) is 26.5. The van der Waals surface area contributed by atoms with E-state index in [-0.39, 0.29) is 23.0 Å². The molecule has 2 unspecified atom stereocenters. The summed E-state index contributed by atoms with van der Waals surface area (Å²) in [6, 6.07) is 10.1. The minimum Gasteiger partial charge on any atom is -0.463 e. The lowest BCUT2D eigenvalue weighted by Gasteiger charge is -2.33. The highest BCUT2D eigenvalue weighted by Crippen LogP contribution is 2.40. The summed E-state index contributed by atoms with van der Waals surface area (Å²) in [6.07, 6.45) is 9.51. The number of ether oxygens (including phenoxy) is 1. The second kappa shape index (κ2) is 9.55. The normalized spacial score (nSPS) is 18.8. The molecule has 7 nitrogen and oxygen atoms in total. The van der Waals surface area contributed by atoms with Crippen molar-refractivity contribution < 1.29 is 13.5 Å². The summed E-state index contributed by atoms with van der Waals surface area (Å²) in [5.41, 5.74) is 0.796. The molecule has 4 heterocycles. The Morgan fingerprint density at radius 1 is 1.00 bits per heavy atom. The fourth-order valence-corrected chi connectivity index (χ4v) is 6.22. The first kappa shape index (κ1) is 23.9. The average Bonchev–Trinajstić information content (AvgIpc) is 3.51. The number of nitrogens with zero attached hydrogens (tertiary/aromatic N) is 6. The maximum atomic E-state index is 16.3. The number of benzene rings is 2. The molecule has 0 spiro atoms. The number of pyridine rings is 1. The van der Waals surface area contributed by atoms with Crippen LogP contribution in [0, 0.1) is 23.5 Å². The molecule has 39 heavy (non-hydrogen) atoms. The number of hydrogen-bond donors (Lipinski definition) is 0. The Morgan fingerprint density at radius 2 is 1.85 bits per heavy atom. The van der Waals surface area contributed by atoms with Crippen LogP contribution in [-0.2, 0) is 13.5 Å². The van der Waals surface area contributed by atoms with E-state index in [1.54, 1.807) is 24.5 Å². The van der Waals surface area contributed by atoms with E-state index in [9.17, 15) is 4.39 Å². The van der Waals surface area contributed by atoms with Crippen LogP contribution in [0.15, 0.2) is 55.0 Å². The summed E-state index contributed by atoms with van der Waals surface area (Å²) in [5.74, 6) is 1.81. The SMILES string of the molecule is Cn1ccnc1CCOc1nc(N2CC3CCC(C3)C2)c2cnc(-c3cccc4ccc(F)cc34)c(F)c2n1. The lowest BCUT2D eigenvalue weighted by Crippen LogP contribution is -2.37. The van der Waals surface area contributed by atoms with Crippen molar-refractivity contribution in [2.24, 2.45) is 18.9 Å². The van der Waals surface area contributed by atoms with E-state index in [0.717, 1.165) is 24.3 Å². The molecule has 0 radical (unpaired) electrons. The van der Waals surface area contributed by atoms with E-state index in [0.29, 0.717) is 47.0 Å². The molecule has 0 amide bonds. The molecule has 5 aromatic rings. The standard InChI is InChI=1S/C30H28F2N6O/c1-37-11-10-33-25(37)9-12-39-30-35-28-24(29(36-30)38-16-18-5-6-19(13-18)17-38)15-34-27(26(28)32)22-4-2-3-20-7-8-21(31)14-23(20)22/h2-4,7-8,10-11,14-15,18-19H,5-6,9,12-13,16-17H2,1H3. The van der Waals surface area contributed by atoms with Crippen molar-refractivity contribution in [3.63, 3.8) is 0 Å². The Balaban J connectivity index is 1.33. The van der Waals surface area contributed by atoms with E-state index in [1.807, 2.05) is 29.9 Å². The van der Waals surface area contributed by atoms with Gasteiger partial charge in [-0.05, 0) is 54.0 Å². The smallest absolute Gasteiger partial charge is 0.319 e. The lowest BCUT2D eigenvalue weighted by molar-refractivity contribution is 0.293. The van der Waals surface area contributed by atoms with Gasteiger partial charge in [0, 0.05) is 50.7 Å². The molecule has 9 heteroatoms. The molecular weight excluding hydrogens is 498 g/mol. The van der Waals surface area contributed by atoms with E-state index < -0.39 is 5.82 Å². The van der Waals surface area contributed by atoms with Crippen LogP contribution in [0.4, 0.5) is 14.6 Å². The molecule has 0 N–H and O–H groups in total.